The van der Waals surface area contributed by atoms with E-state index in [-0.39, 0.29) is 24.0 Å². The fourth-order valence-electron chi connectivity index (χ4n) is 2.39. The normalized spacial score (nSPS) is 15.0. The highest BCUT2D eigenvalue weighted by Gasteiger charge is 2.22. The molecule has 2 unspecified atom stereocenters. The van der Waals surface area contributed by atoms with Gasteiger partial charge in [0.2, 0.25) is 0 Å². The molecule has 0 spiro atoms. The molecule has 3 N–H and O–H groups in total. The van der Waals surface area contributed by atoms with E-state index in [2.05, 4.69) is 39.4 Å². The Labute approximate surface area is 171 Å². The van der Waals surface area contributed by atoms with Gasteiger partial charge < -0.3 is 15.7 Å². The van der Waals surface area contributed by atoms with Gasteiger partial charge in [0.1, 0.15) is 5.60 Å². The quantitative estimate of drug-likeness (QED) is 0.325. The van der Waals surface area contributed by atoms with Crippen LogP contribution in [0.3, 0.4) is 0 Å². The maximum atomic E-state index is 10.7. The first-order valence-electron chi connectivity index (χ1n) is 8.35. The lowest BCUT2D eigenvalue weighted by atomic mass is 9.96. The first kappa shape index (κ1) is 21.9. The van der Waals surface area contributed by atoms with Gasteiger partial charge in [-0.15, -0.1) is 24.0 Å². The summed E-state index contributed by atoms with van der Waals surface area (Å²) in [5.41, 5.74) is 1.22. The van der Waals surface area contributed by atoms with Gasteiger partial charge in [0.15, 0.2) is 5.96 Å². The molecule has 0 saturated carbocycles. The minimum atomic E-state index is -0.984. The Morgan fingerprint density at radius 2 is 1.96 bits per heavy atom. The Balaban J connectivity index is 0.00000312. The Bertz CT molecular complexity index is 629. The zero-order valence-electron chi connectivity index (χ0n) is 15.0. The highest BCUT2D eigenvalue weighted by Crippen LogP contribution is 2.20. The number of aliphatic hydroxyl groups is 1. The van der Waals surface area contributed by atoms with Gasteiger partial charge in [-0.25, -0.2) is 4.99 Å². The second kappa shape index (κ2) is 10.8. The highest BCUT2D eigenvalue weighted by molar-refractivity contribution is 14.0. The summed E-state index contributed by atoms with van der Waals surface area (Å²) in [5, 5.41) is 21.5. The largest absolute Gasteiger partial charge is 0.384 e. The summed E-state index contributed by atoms with van der Waals surface area (Å²) in [6.45, 7) is 7.92. The van der Waals surface area contributed by atoms with E-state index in [1.165, 1.54) is 5.56 Å². The molecule has 0 aliphatic rings. The molecule has 2 rings (SSSR count). The van der Waals surface area contributed by atoms with Gasteiger partial charge in [-0.1, -0.05) is 37.3 Å². The van der Waals surface area contributed by atoms with Crippen molar-refractivity contribution >= 4 is 41.3 Å². The number of aliphatic imine (C=N–C) groups is 1. The predicted octanol–water partition coefficient (Wildman–Crippen LogP) is 3.93. The van der Waals surface area contributed by atoms with Crippen LogP contribution < -0.4 is 10.6 Å². The molecule has 138 valence electrons. The third-order valence-electron chi connectivity index (χ3n) is 3.97. The maximum Gasteiger partial charge on any atom is 0.191 e. The number of thiophene rings is 1. The molecule has 0 aliphatic carbocycles. The molecule has 1 aromatic carbocycles. The van der Waals surface area contributed by atoms with E-state index in [0.717, 1.165) is 24.6 Å². The number of nitrogens with one attached hydrogen (secondary N) is 2. The Morgan fingerprint density at radius 3 is 2.56 bits per heavy atom. The summed E-state index contributed by atoms with van der Waals surface area (Å²) in [4.78, 5) is 4.56. The molecule has 0 bridgehead atoms. The monoisotopic (exact) mass is 473 g/mol. The molecule has 0 radical (unpaired) electrons. The van der Waals surface area contributed by atoms with Crippen LogP contribution in [0, 0.1) is 0 Å². The number of guanidine groups is 1. The Hall–Kier alpha value is -1.12. The Kier molecular flexibility index (Phi) is 9.45. The molecular formula is C19H28IN3OS. The van der Waals surface area contributed by atoms with Crippen molar-refractivity contribution in [2.75, 3.05) is 19.6 Å². The lowest BCUT2D eigenvalue weighted by molar-refractivity contribution is 0.0672. The van der Waals surface area contributed by atoms with Crippen molar-refractivity contribution < 1.29 is 5.11 Å². The van der Waals surface area contributed by atoms with Gasteiger partial charge in [-0.2, -0.15) is 11.3 Å². The SMILES string of the molecule is CCNC(=NCC(C)(O)c1ccccc1)NCC(C)c1ccsc1.I. The fourth-order valence-corrected chi connectivity index (χ4v) is 3.17. The van der Waals surface area contributed by atoms with Gasteiger partial charge in [0, 0.05) is 13.1 Å². The van der Waals surface area contributed by atoms with Crippen LogP contribution in [0.2, 0.25) is 0 Å². The van der Waals surface area contributed by atoms with E-state index in [0.29, 0.717) is 12.5 Å². The molecule has 6 heteroatoms. The average Bonchev–Trinajstić information content (AvgIpc) is 3.12. The topological polar surface area (TPSA) is 56.7 Å². The molecule has 0 amide bonds. The van der Waals surface area contributed by atoms with Gasteiger partial charge >= 0.3 is 0 Å². The number of halogens is 1. The first-order valence-corrected chi connectivity index (χ1v) is 9.29. The summed E-state index contributed by atoms with van der Waals surface area (Å²) in [5.74, 6) is 1.14. The zero-order valence-corrected chi connectivity index (χ0v) is 18.2. The van der Waals surface area contributed by atoms with Crippen LogP contribution in [0.5, 0.6) is 0 Å². The van der Waals surface area contributed by atoms with Crippen molar-refractivity contribution in [3.05, 3.63) is 58.3 Å². The summed E-state index contributed by atoms with van der Waals surface area (Å²) in [6, 6.07) is 11.8. The van der Waals surface area contributed by atoms with E-state index in [4.69, 9.17) is 0 Å². The van der Waals surface area contributed by atoms with Gasteiger partial charge in [0.25, 0.3) is 0 Å². The molecule has 0 aliphatic heterocycles. The van der Waals surface area contributed by atoms with E-state index < -0.39 is 5.60 Å². The number of hydrogen-bond acceptors (Lipinski definition) is 3. The lowest BCUT2D eigenvalue weighted by Gasteiger charge is -2.23. The van der Waals surface area contributed by atoms with Crippen LogP contribution in [-0.4, -0.2) is 30.7 Å². The third kappa shape index (κ3) is 6.95. The number of nitrogens with zero attached hydrogens (tertiary/aromatic N) is 1. The summed E-state index contributed by atoms with van der Waals surface area (Å²) < 4.78 is 0. The molecule has 2 aromatic rings. The van der Waals surface area contributed by atoms with Gasteiger partial charge in [0.05, 0.1) is 6.54 Å². The van der Waals surface area contributed by atoms with Crippen LogP contribution in [-0.2, 0) is 5.60 Å². The maximum absolute atomic E-state index is 10.7. The molecule has 2 atom stereocenters. The lowest BCUT2D eigenvalue weighted by Crippen LogP contribution is -2.40. The van der Waals surface area contributed by atoms with Crippen molar-refractivity contribution in [3.8, 4) is 0 Å². The van der Waals surface area contributed by atoms with Crippen LogP contribution >= 0.6 is 35.3 Å². The van der Waals surface area contributed by atoms with Crippen molar-refractivity contribution in [3.63, 3.8) is 0 Å². The third-order valence-corrected chi connectivity index (χ3v) is 4.67. The van der Waals surface area contributed by atoms with Crippen LogP contribution in [0.25, 0.3) is 0 Å². The Morgan fingerprint density at radius 1 is 1.24 bits per heavy atom. The molecule has 1 heterocycles. The van der Waals surface area contributed by atoms with E-state index in [1.54, 1.807) is 18.3 Å². The predicted molar refractivity (Wildman–Crippen MR) is 118 cm³/mol. The highest BCUT2D eigenvalue weighted by atomic mass is 127. The minimum Gasteiger partial charge on any atom is -0.384 e. The van der Waals surface area contributed by atoms with Crippen LogP contribution in [0.1, 0.15) is 37.8 Å². The molecule has 0 fully saturated rings. The van der Waals surface area contributed by atoms with Crippen molar-refractivity contribution in [1.82, 2.24) is 10.6 Å². The fraction of sp³-hybridized carbons (Fsp3) is 0.421. The standard InChI is InChI=1S/C19H27N3OS.HI/c1-4-20-18(21-12-15(2)16-10-11-24-13-16)22-14-19(3,23)17-8-6-5-7-9-17;/h5-11,13,15,23H,4,12,14H2,1-3H3,(H2,20,21,22);1H. The van der Waals surface area contributed by atoms with Gasteiger partial charge in [-0.05, 0) is 47.7 Å². The van der Waals surface area contributed by atoms with Gasteiger partial charge in [-0.3, -0.25) is 0 Å². The molecule has 4 nitrogen and oxygen atoms in total. The van der Waals surface area contributed by atoms with E-state index >= 15 is 0 Å². The first-order chi connectivity index (χ1) is 11.5. The summed E-state index contributed by atoms with van der Waals surface area (Å²) >= 11 is 1.72. The smallest absolute Gasteiger partial charge is 0.191 e. The average molecular weight is 473 g/mol. The second-order valence-corrected chi connectivity index (χ2v) is 6.95. The number of rotatable bonds is 7. The van der Waals surface area contributed by atoms with Crippen molar-refractivity contribution in [1.29, 1.82) is 0 Å². The molecule has 0 saturated heterocycles. The van der Waals surface area contributed by atoms with Crippen LogP contribution in [0.15, 0.2) is 52.2 Å². The second-order valence-electron chi connectivity index (χ2n) is 6.17. The van der Waals surface area contributed by atoms with Crippen molar-refractivity contribution in [2.45, 2.75) is 32.3 Å². The number of hydrogen-bond donors (Lipinski definition) is 3. The van der Waals surface area contributed by atoms with Crippen LogP contribution in [0.4, 0.5) is 0 Å². The molecule has 25 heavy (non-hydrogen) atoms. The van der Waals surface area contributed by atoms with Crippen molar-refractivity contribution in [2.24, 2.45) is 4.99 Å². The van der Waals surface area contributed by atoms with E-state index in [1.807, 2.05) is 37.3 Å². The molecule has 1 aromatic heterocycles. The minimum absolute atomic E-state index is 0. The van der Waals surface area contributed by atoms with E-state index in [9.17, 15) is 5.11 Å². The summed E-state index contributed by atoms with van der Waals surface area (Å²) in [7, 11) is 0. The summed E-state index contributed by atoms with van der Waals surface area (Å²) in [6.07, 6.45) is 0. The number of benzene rings is 1. The zero-order chi connectivity index (χ0) is 17.4. The molecular weight excluding hydrogens is 445 g/mol.